The molecule has 0 aliphatic carbocycles. The molecule has 0 saturated heterocycles. The maximum Gasteiger partial charge on any atom is 1.00 e. The van der Waals surface area contributed by atoms with Crippen molar-refractivity contribution in [1.29, 1.82) is 0 Å². The van der Waals surface area contributed by atoms with Crippen LogP contribution >= 0.6 is 0 Å². The first-order valence-corrected chi connectivity index (χ1v) is 7.83. The van der Waals surface area contributed by atoms with Crippen LogP contribution in [-0.4, -0.2) is 11.1 Å². The number of hydrogen-bond acceptors (Lipinski definition) is 1. The van der Waals surface area contributed by atoms with E-state index in [9.17, 15) is 4.79 Å². The van der Waals surface area contributed by atoms with E-state index in [2.05, 4.69) is 6.92 Å². The summed E-state index contributed by atoms with van der Waals surface area (Å²) in [5.74, 6) is -0.780. The minimum absolute atomic E-state index is 0. The first-order valence-electron chi connectivity index (χ1n) is 7.83. The van der Waals surface area contributed by atoms with Gasteiger partial charge in [0.25, 0.3) is 0 Å². The number of carboxylic acids is 1. The Hall–Kier alpha value is 0.340. The third-order valence-corrected chi connectivity index (χ3v) is 3.38. The Kier molecular flexibility index (Phi) is 20.9. The average molecular weight is 278 g/mol. The fraction of sp³-hybridized carbons (Fsp3) is 0.875. The van der Waals surface area contributed by atoms with Gasteiger partial charge in [-0.3, -0.25) is 11.2 Å². The van der Waals surface area contributed by atoms with Crippen molar-refractivity contribution in [2.45, 2.75) is 90.4 Å². The van der Waals surface area contributed by atoms with Crippen molar-refractivity contribution in [2.24, 2.45) is 0 Å². The van der Waals surface area contributed by atoms with Crippen LogP contribution in [0.2, 0.25) is 0 Å². The molecule has 0 amide bonds. The van der Waals surface area contributed by atoms with Gasteiger partial charge in [0, 0.05) is 0 Å². The van der Waals surface area contributed by atoms with E-state index in [1.807, 2.05) is 0 Å². The van der Waals surface area contributed by atoms with Gasteiger partial charge in [0.15, 0.2) is 5.97 Å². The van der Waals surface area contributed by atoms with Crippen molar-refractivity contribution in [3.8, 4) is 0 Å². The van der Waals surface area contributed by atoms with E-state index in [0.717, 1.165) is 12.8 Å². The predicted molar refractivity (Wildman–Crippen MR) is 77.6 cm³/mol. The summed E-state index contributed by atoms with van der Waals surface area (Å²) in [6, 6.07) is 0. The van der Waals surface area contributed by atoms with Crippen LogP contribution in [-0.2, 0) is 4.79 Å². The zero-order valence-corrected chi connectivity index (χ0v) is 15.1. The smallest absolute Gasteiger partial charge is 0.503 e. The number of aliphatic carboxylic acids is 1. The molecule has 0 radical (unpaired) electrons. The first kappa shape index (κ1) is 21.6. The van der Waals surface area contributed by atoms with Crippen molar-refractivity contribution in [1.82, 2.24) is 0 Å². The SMILES string of the molecule is CCCCCCCCCCCCCC[CH-]C(=O)O.[Na+]. The van der Waals surface area contributed by atoms with E-state index < -0.39 is 5.97 Å². The molecular weight excluding hydrogens is 247 g/mol. The van der Waals surface area contributed by atoms with Crippen LogP contribution in [0.3, 0.4) is 0 Å². The monoisotopic (exact) mass is 278 g/mol. The van der Waals surface area contributed by atoms with Gasteiger partial charge in [-0.2, -0.15) is 6.42 Å². The molecular formula is C16H31NaO2. The Bertz CT molecular complexity index is 184. The third-order valence-electron chi connectivity index (χ3n) is 3.38. The standard InChI is InChI=1S/C16H31O2.Na/c1-2-3-4-5-6-7-8-9-10-11-12-13-14-15-16(17)18;/h15H,2-14H2,1H3,(H,17,18);/q-1;+1. The van der Waals surface area contributed by atoms with E-state index in [4.69, 9.17) is 5.11 Å². The molecule has 3 heteroatoms. The summed E-state index contributed by atoms with van der Waals surface area (Å²) in [5, 5.41) is 8.44. The molecule has 0 aliphatic rings. The topological polar surface area (TPSA) is 37.3 Å². The van der Waals surface area contributed by atoms with E-state index in [1.54, 1.807) is 0 Å². The van der Waals surface area contributed by atoms with Crippen LogP contribution in [0, 0.1) is 6.42 Å². The Labute approximate surface area is 142 Å². The minimum atomic E-state index is -0.780. The van der Waals surface area contributed by atoms with Gasteiger partial charge in [-0.25, -0.2) is 0 Å². The Morgan fingerprint density at radius 2 is 1.16 bits per heavy atom. The van der Waals surface area contributed by atoms with Crippen LogP contribution in [0.25, 0.3) is 0 Å². The van der Waals surface area contributed by atoms with E-state index in [0.29, 0.717) is 0 Å². The fourth-order valence-electron chi connectivity index (χ4n) is 2.21. The maximum absolute atomic E-state index is 10.2. The molecule has 0 unspecified atom stereocenters. The Morgan fingerprint density at radius 3 is 1.53 bits per heavy atom. The summed E-state index contributed by atoms with van der Waals surface area (Å²) in [6.45, 7) is 2.26. The van der Waals surface area contributed by atoms with Gasteiger partial charge in [0.1, 0.15) is 0 Å². The molecule has 108 valence electrons. The Balaban J connectivity index is 0. The first-order chi connectivity index (χ1) is 8.77. The van der Waals surface area contributed by atoms with Crippen LogP contribution in [0.15, 0.2) is 0 Å². The van der Waals surface area contributed by atoms with Crippen molar-refractivity contribution in [2.75, 3.05) is 0 Å². The number of unbranched alkanes of at least 4 members (excludes halogenated alkanes) is 12. The normalized spacial score (nSPS) is 9.95. The van der Waals surface area contributed by atoms with Crippen molar-refractivity contribution in [3.05, 3.63) is 6.42 Å². The van der Waals surface area contributed by atoms with E-state index >= 15 is 0 Å². The second-order valence-electron chi connectivity index (χ2n) is 5.22. The molecule has 2 nitrogen and oxygen atoms in total. The van der Waals surface area contributed by atoms with Crippen molar-refractivity contribution < 1.29 is 39.5 Å². The van der Waals surface area contributed by atoms with Crippen LogP contribution in [0.5, 0.6) is 0 Å². The molecule has 0 aliphatic heterocycles. The summed E-state index contributed by atoms with van der Waals surface area (Å²) in [4.78, 5) is 10.2. The van der Waals surface area contributed by atoms with Crippen LogP contribution in [0.1, 0.15) is 90.4 Å². The van der Waals surface area contributed by atoms with Crippen LogP contribution in [0.4, 0.5) is 0 Å². The molecule has 0 saturated carbocycles. The van der Waals surface area contributed by atoms with Crippen molar-refractivity contribution in [3.63, 3.8) is 0 Å². The van der Waals surface area contributed by atoms with Gasteiger partial charge >= 0.3 is 29.6 Å². The molecule has 0 aromatic carbocycles. The second kappa shape index (κ2) is 18.3. The molecule has 1 N–H and O–H groups in total. The van der Waals surface area contributed by atoms with Gasteiger partial charge in [-0.15, -0.1) is 0 Å². The molecule has 19 heavy (non-hydrogen) atoms. The molecule has 0 heterocycles. The molecule has 0 aromatic heterocycles. The molecule has 0 bridgehead atoms. The summed E-state index contributed by atoms with van der Waals surface area (Å²) < 4.78 is 0. The largest absolute Gasteiger partial charge is 1.00 e. The second-order valence-corrected chi connectivity index (χ2v) is 5.22. The van der Waals surface area contributed by atoms with E-state index in [-0.39, 0.29) is 29.6 Å². The molecule has 0 atom stereocenters. The zero-order chi connectivity index (χ0) is 13.5. The minimum Gasteiger partial charge on any atom is -0.503 e. The van der Waals surface area contributed by atoms with Gasteiger partial charge in [0.2, 0.25) is 0 Å². The summed E-state index contributed by atoms with van der Waals surface area (Å²) in [7, 11) is 0. The van der Waals surface area contributed by atoms with E-state index in [1.165, 1.54) is 77.0 Å². The molecule has 0 fully saturated rings. The van der Waals surface area contributed by atoms with Gasteiger partial charge in [-0.1, -0.05) is 84.0 Å². The maximum atomic E-state index is 10.2. The quantitative estimate of drug-likeness (QED) is 0.301. The van der Waals surface area contributed by atoms with Crippen molar-refractivity contribution >= 4 is 5.97 Å². The number of rotatable bonds is 14. The summed E-state index contributed by atoms with van der Waals surface area (Å²) in [5.41, 5.74) is 0. The summed E-state index contributed by atoms with van der Waals surface area (Å²) in [6.07, 6.45) is 18.0. The molecule has 0 spiro atoms. The van der Waals surface area contributed by atoms with Gasteiger partial charge < -0.3 is 5.11 Å². The zero-order valence-electron chi connectivity index (χ0n) is 13.1. The fourth-order valence-corrected chi connectivity index (χ4v) is 2.21. The molecule has 0 rings (SSSR count). The predicted octanol–water partition coefficient (Wildman–Crippen LogP) is 2.37. The number of carboxylic acid groups (broad SMARTS) is 1. The summed E-state index contributed by atoms with van der Waals surface area (Å²) >= 11 is 0. The molecule has 0 aromatic rings. The third kappa shape index (κ3) is 20.8. The number of hydrogen-bond donors (Lipinski definition) is 1. The van der Waals surface area contributed by atoms with Gasteiger partial charge in [0.05, 0.1) is 0 Å². The van der Waals surface area contributed by atoms with Gasteiger partial charge in [-0.05, 0) is 0 Å². The number of carbonyl (C=O) groups is 1. The Morgan fingerprint density at radius 1 is 0.789 bits per heavy atom. The van der Waals surface area contributed by atoms with Crippen LogP contribution < -0.4 is 29.6 Å². The average Bonchev–Trinajstić information content (AvgIpc) is 2.34.